The molecule has 0 aromatic heterocycles. The third kappa shape index (κ3) is 6.33. The Morgan fingerprint density at radius 3 is 2.19 bits per heavy atom. The van der Waals surface area contributed by atoms with Gasteiger partial charge >= 0.3 is 5.97 Å². The number of anilines is 1. The first kappa shape index (κ1) is 19.7. The highest BCUT2D eigenvalue weighted by atomic mass is 32.2. The fourth-order valence-electron chi connectivity index (χ4n) is 2.24. The number of sulfone groups is 1. The fraction of sp³-hybridized carbons (Fsp3) is 0.263. The molecule has 0 unspecified atom stereocenters. The highest BCUT2D eigenvalue weighted by Crippen LogP contribution is 2.12. The van der Waals surface area contributed by atoms with Gasteiger partial charge in [0, 0.05) is 5.69 Å². The lowest BCUT2D eigenvalue weighted by molar-refractivity contribution is -0.113. The molecule has 0 aliphatic rings. The summed E-state index contributed by atoms with van der Waals surface area (Å²) < 4.78 is 29.5. The van der Waals surface area contributed by atoms with E-state index in [0.717, 1.165) is 0 Å². The molecule has 0 atom stereocenters. The van der Waals surface area contributed by atoms with Crippen LogP contribution in [0.3, 0.4) is 0 Å². The van der Waals surface area contributed by atoms with E-state index in [0.29, 0.717) is 16.8 Å². The smallest absolute Gasteiger partial charge is 0.338 e. The lowest BCUT2D eigenvalue weighted by atomic mass is 10.1. The van der Waals surface area contributed by atoms with Crippen LogP contribution in [-0.2, 0) is 25.1 Å². The number of ether oxygens (including phenoxy) is 1. The van der Waals surface area contributed by atoms with E-state index >= 15 is 0 Å². The van der Waals surface area contributed by atoms with Crippen LogP contribution >= 0.6 is 0 Å². The summed E-state index contributed by atoms with van der Waals surface area (Å²) in [5, 5.41) is 2.55. The second kappa shape index (κ2) is 8.62. The van der Waals surface area contributed by atoms with E-state index in [-0.39, 0.29) is 11.9 Å². The summed E-state index contributed by atoms with van der Waals surface area (Å²) in [6, 6.07) is 14.8. The molecule has 0 fully saturated rings. The zero-order valence-corrected chi connectivity index (χ0v) is 15.5. The molecule has 0 spiro atoms. The Morgan fingerprint density at radius 2 is 1.62 bits per heavy atom. The topological polar surface area (TPSA) is 89.5 Å². The molecule has 6 nitrogen and oxygen atoms in total. The van der Waals surface area contributed by atoms with E-state index in [1.165, 1.54) is 12.1 Å². The quantitative estimate of drug-likeness (QED) is 0.752. The standard InChI is InChI=1S/C19H21NO5S/c1-14(2)25-19(22)16-10-8-15(9-11-16)12-26(23,24)13-18(21)20-17-6-4-3-5-7-17/h3-11,14H,12-13H2,1-2H3,(H,20,21). The van der Waals surface area contributed by atoms with Gasteiger partial charge in [0.1, 0.15) is 5.75 Å². The van der Waals surface area contributed by atoms with Crippen molar-refractivity contribution in [1.82, 2.24) is 0 Å². The molecule has 2 aromatic rings. The minimum atomic E-state index is -3.63. The van der Waals surface area contributed by atoms with Crippen LogP contribution in [0.15, 0.2) is 54.6 Å². The number of nitrogens with one attached hydrogen (secondary N) is 1. The van der Waals surface area contributed by atoms with Crippen molar-refractivity contribution in [2.24, 2.45) is 0 Å². The number of hydrogen-bond donors (Lipinski definition) is 1. The van der Waals surface area contributed by atoms with Crippen molar-refractivity contribution in [3.05, 3.63) is 65.7 Å². The van der Waals surface area contributed by atoms with Crippen LogP contribution in [0.25, 0.3) is 0 Å². The van der Waals surface area contributed by atoms with E-state index in [4.69, 9.17) is 4.74 Å². The Kier molecular flexibility index (Phi) is 6.52. The second-order valence-electron chi connectivity index (χ2n) is 6.10. The van der Waals surface area contributed by atoms with E-state index in [2.05, 4.69) is 5.32 Å². The van der Waals surface area contributed by atoms with Crippen LogP contribution in [-0.4, -0.2) is 32.2 Å². The Bertz CT molecular complexity index is 859. The molecule has 1 N–H and O–H groups in total. The summed E-state index contributed by atoms with van der Waals surface area (Å²) in [5.41, 5.74) is 1.39. The van der Waals surface area contributed by atoms with Crippen molar-refractivity contribution in [2.75, 3.05) is 11.1 Å². The third-order valence-corrected chi connectivity index (χ3v) is 4.80. The van der Waals surface area contributed by atoms with Crippen LogP contribution < -0.4 is 5.32 Å². The third-order valence-electron chi connectivity index (χ3n) is 3.33. The van der Waals surface area contributed by atoms with Crippen molar-refractivity contribution in [3.8, 4) is 0 Å². The molecule has 1 amide bonds. The maximum Gasteiger partial charge on any atom is 0.338 e. The van der Waals surface area contributed by atoms with E-state index in [1.807, 2.05) is 0 Å². The van der Waals surface area contributed by atoms with Gasteiger partial charge in [-0.15, -0.1) is 0 Å². The molecule has 26 heavy (non-hydrogen) atoms. The Labute approximate surface area is 153 Å². The van der Waals surface area contributed by atoms with Gasteiger partial charge in [-0.2, -0.15) is 0 Å². The molecule has 0 saturated heterocycles. The number of carbonyl (C=O) groups excluding carboxylic acids is 2. The fourth-order valence-corrected chi connectivity index (χ4v) is 3.52. The molecule has 0 bridgehead atoms. The van der Waals surface area contributed by atoms with Gasteiger partial charge in [-0.3, -0.25) is 4.79 Å². The molecule has 0 aliphatic heterocycles. The number of benzene rings is 2. The number of rotatable bonds is 7. The first-order valence-corrected chi connectivity index (χ1v) is 9.92. The van der Waals surface area contributed by atoms with Crippen LogP contribution in [0.5, 0.6) is 0 Å². The lowest BCUT2D eigenvalue weighted by Gasteiger charge is -2.09. The number of esters is 1. The van der Waals surface area contributed by atoms with Gasteiger partial charge in [0.15, 0.2) is 9.84 Å². The van der Waals surface area contributed by atoms with Gasteiger partial charge in [0.25, 0.3) is 0 Å². The molecule has 0 saturated carbocycles. The highest BCUT2D eigenvalue weighted by molar-refractivity contribution is 7.91. The number of hydrogen-bond acceptors (Lipinski definition) is 5. The van der Waals surface area contributed by atoms with E-state index < -0.39 is 27.5 Å². The van der Waals surface area contributed by atoms with Crippen molar-refractivity contribution >= 4 is 27.4 Å². The molecule has 2 rings (SSSR count). The van der Waals surface area contributed by atoms with Crippen molar-refractivity contribution in [2.45, 2.75) is 25.7 Å². The van der Waals surface area contributed by atoms with Crippen LogP contribution in [0, 0.1) is 0 Å². The summed E-state index contributed by atoms with van der Waals surface area (Å²) >= 11 is 0. The lowest BCUT2D eigenvalue weighted by Crippen LogP contribution is -2.23. The van der Waals surface area contributed by atoms with Crippen molar-refractivity contribution in [3.63, 3.8) is 0 Å². The molecular weight excluding hydrogens is 354 g/mol. The van der Waals surface area contributed by atoms with Crippen LogP contribution in [0.4, 0.5) is 5.69 Å². The monoisotopic (exact) mass is 375 g/mol. The summed E-state index contributed by atoms with van der Waals surface area (Å²) in [4.78, 5) is 23.7. The van der Waals surface area contributed by atoms with Crippen LogP contribution in [0.2, 0.25) is 0 Å². The van der Waals surface area contributed by atoms with Gasteiger partial charge < -0.3 is 10.1 Å². The van der Waals surface area contributed by atoms with Gasteiger partial charge in [-0.05, 0) is 43.7 Å². The second-order valence-corrected chi connectivity index (χ2v) is 8.16. The molecule has 7 heteroatoms. The number of carbonyl (C=O) groups is 2. The van der Waals surface area contributed by atoms with Crippen molar-refractivity contribution in [1.29, 1.82) is 0 Å². The average Bonchev–Trinajstić information content (AvgIpc) is 2.54. The number of para-hydroxylation sites is 1. The first-order chi connectivity index (χ1) is 12.2. The molecule has 0 radical (unpaired) electrons. The highest BCUT2D eigenvalue weighted by Gasteiger charge is 2.18. The molecular formula is C19H21NO5S. The van der Waals surface area contributed by atoms with Crippen LogP contribution in [0.1, 0.15) is 29.8 Å². The predicted octanol–water partition coefficient (Wildman–Crippen LogP) is 2.81. The summed E-state index contributed by atoms with van der Waals surface area (Å²) in [7, 11) is -3.63. The molecule has 138 valence electrons. The summed E-state index contributed by atoms with van der Waals surface area (Å²) in [6.07, 6.45) is -0.231. The zero-order valence-electron chi connectivity index (χ0n) is 14.6. The zero-order chi connectivity index (χ0) is 19.2. The van der Waals surface area contributed by atoms with Gasteiger partial charge in [-0.1, -0.05) is 30.3 Å². The van der Waals surface area contributed by atoms with Gasteiger partial charge in [0.05, 0.1) is 17.4 Å². The normalized spacial score (nSPS) is 11.2. The molecule has 0 heterocycles. The minimum Gasteiger partial charge on any atom is -0.459 e. The van der Waals surface area contributed by atoms with E-state index in [9.17, 15) is 18.0 Å². The Hall–Kier alpha value is -2.67. The van der Waals surface area contributed by atoms with E-state index in [1.54, 1.807) is 56.3 Å². The molecule has 2 aromatic carbocycles. The average molecular weight is 375 g/mol. The predicted molar refractivity (Wildman–Crippen MR) is 99.6 cm³/mol. The molecule has 0 aliphatic carbocycles. The summed E-state index contributed by atoms with van der Waals surface area (Å²) in [6.45, 7) is 3.50. The largest absolute Gasteiger partial charge is 0.459 e. The van der Waals surface area contributed by atoms with Gasteiger partial charge in [0.2, 0.25) is 5.91 Å². The Balaban J connectivity index is 1.96. The Morgan fingerprint density at radius 1 is 1.00 bits per heavy atom. The van der Waals surface area contributed by atoms with Gasteiger partial charge in [-0.25, -0.2) is 13.2 Å². The van der Waals surface area contributed by atoms with Crippen molar-refractivity contribution < 1.29 is 22.7 Å². The first-order valence-electron chi connectivity index (χ1n) is 8.10. The summed E-state index contributed by atoms with van der Waals surface area (Å²) in [5.74, 6) is -1.95. The maximum atomic E-state index is 12.2. The SMILES string of the molecule is CC(C)OC(=O)c1ccc(CS(=O)(=O)CC(=O)Nc2ccccc2)cc1. The minimum absolute atomic E-state index is 0.231. The number of amides is 1. The maximum absolute atomic E-state index is 12.2.